The standard InChI is InChI=1S/C11H9BrIN5O/c12-7-2-1-6(13)3-8(7)17-11(19)9-4-16-10(18-14)5-15-9/h1-5H,14H2,(H,16,18)(H,17,19). The van der Waals surface area contributed by atoms with E-state index in [1.165, 1.54) is 12.4 Å². The van der Waals surface area contributed by atoms with Crippen LogP contribution in [-0.4, -0.2) is 15.9 Å². The number of carbonyl (C=O) groups excluding carboxylic acids is 1. The van der Waals surface area contributed by atoms with E-state index in [4.69, 9.17) is 5.84 Å². The molecule has 0 aliphatic rings. The van der Waals surface area contributed by atoms with E-state index in [1.54, 1.807) is 0 Å². The van der Waals surface area contributed by atoms with Crippen LogP contribution in [0.15, 0.2) is 35.1 Å². The van der Waals surface area contributed by atoms with Crippen LogP contribution in [0.3, 0.4) is 0 Å². The second-order valence-electron chi connectivity index (χ2n) is 3.51. The maximum absolute atomic E-state index is 12.0. The summed E-state index contributed by atoms with van der Waals surface area (Å²) in [5.74, 6) is 5.24. The van der Waals surface area contributed by atoms with E-state index in [2.05, 4.69) is 59.2 Å². The lowest BCUT2D eigenvalue weighted by Gasteiger charge is -2.07. The molecule has 0 saturated heterocycles. The third-order valence-electron chi connectivity index (χ3n) is 2.21. The van der Waals surface area contributed by atoms with Crippen LogP contribution >= 0.6 is 38.5 Å². The normalized spacial score (nSPS) is 10.1. The van der Waals surface area contributed by atoms with Gasteiger partial charge in [-0.1, -0.05) is 0 Å². The van der Waals surface area contributed by atoms with Crippen molar-refractivity contribution in [3.05, 3.63) is 44.3 Å². The van der Waals surface area contributed by atoms with Crippen molar-refractivity contribution in [2.24, 2.45) is 5.84 Å². The maximum Gasteiger partial charge on any atom is 0.275 e. The predicted octanol–water partition coefficient (Wildman–Crippen LogP) is 2.38. The molecule has 0 bridgehead atoms. The van der Waals surface area contributed by atoms with E-state index in [9.17, 15) is 4.79 Å². The highest BCUT2D eigenvalue weighted by Crippen LogP contribution is 2.24. The number of nitrogens with zero attached hydrogens (tertiary/aromatic N) is 2. The molecule has 0 fully saturated rings. The van der Waals surface area contributed by atoms with Crippen molar-refractivity contribution >= 4 is 55.9 Å². The van der Waals surface area contributed by atoms with Crippen molar-refractivity contribution in [2.75, 3.05) is 10.7 Å². The van der Waals surface area contributed by atoms with Crippen LogP contribution < -0.4 is 16.6 Å². The molecule has 2 rings (SSSR count). The Bertz CT molecular complexity index is 605. The molecule has 1 amide bonds. The summed E-state index contributed by atoms with van der Waals surface area (Å²) in [5.41, 5.74) is 3.24. The zero-order valence-corrected chi connectivity index (χ0v) is 13.3. The second-order valence-corrected chi connectivity index (χ2v) is 5.61. The topological polar surface area (TPSA) is 92.9 Å². The fourth-order valence-corrected chi connectivity index (χ4v) is 2.14. The van der Waals surface area contributed by atoms with E-state index in [0.29, 0.717) is 11.5 Å². The Morgan fingerprint density at radius 1 is 1.32 bits per heavy atom. The van der Waals surface area contributed by atoms with E-state index < -0.39 is 0 Å². The van der Waals surface area contributed by atoms with Crippen molar-refractivity contribution in [3.8, 4) is 0 Å². The summed E-state index contributed by atoms with van der Waals surface area (Å²) in [6.07, 6.45) is 2.74. The number of carbonyl (C=O) groups is 1. The van der Waals surface area contributed by atoms with Gasteiger partial charge >= 0.3 is 0 Å². The quantitative estimate of drug-likeness (QED) is 0.392. The molecule has 6 nitrogen and oxygen atoms in total. The highest BCUT2D eigenvalue weighted by Gasteiger charge is 2.10. The van der Waals surface area contributed by atoms with Crippen LogP contribution in [0.25, 0.3) is 0 Å². The number of halogens is 2. The summed E-state index contributed by atoms with van der Waals surface area (Å²) in [6, 6.07) is 5.65. The molecule has 0 unspecified atom stereocenters. The van der Waals surface area contributed by atoms with Crippen molar-refractivity contribution in [3.63, 3.8) is 0 Å². The number of nitrogens with two attached hydrogens (primary N) is 1. The number of rotatable bonds is 3. The van der Waals surface area contributed by atoms with Gasteiger partial charge in [0.05, 0.1) is 18.1 Å². The summed E-state index contributed by atoms with van der Waals surface area (Å²) in [7, 11) is 0. The Morgan fingerprint density at radius 3 is 2.74 bits per heavy atom. The van der Waals surface area contributed by atoms with Gasteiger partial charge in [0.15, 0.2) is 5.82 Å². The third kappa shape index (κ3) is 3.61. The lowest BCUT2D eigenvalue weighted by molar-refractivity contribution is 0.102. The highest BCUT2D eigenvalue weighted by molar-refractivity contribution is 14.1. The lowest BCUT2D eigenvalue weighted by atomic mass is 10.3. The van der Waals surface area contributed by atoms with Gasteiger partial charge in [-0.15, -0.1) is 0 Å². The first-order valence-electron chi connectivity index (χ1n) is 5.15. The van der Waals surface area contributed by atoms with Gasteiger partial charge in [0.2, 0.25) is 0 Å². The molecule has 0 radical (unpaired) electrons. The molecule has 0 atom stereocenters. The average Bonchev–Trinajstić information content (AvgIpc) is 2.43. The van der Waals surface area contributed by atoms with E-state index in [-0.39, 0.29) is 11.6 Å². The number of benzene rings is 1. The first-order chi connectivity index (χ1) is 9.10. The van der Waals surface area contributed by atoms with Crippen LogP contribution in [0.2, 0.25) is 0 Å². The van der Waals surface area contributed by atoms with Gasteiger partial charge in [-0.05, 0) is 56.7 Å². The first-order valence-corrected chi connectivity index (χ1v) is 7.02. The van der Waals surface area contributed by atoms with Crippen molar-refractivity contribution < 1.29 is 4.79 Å². The smallest absolute Gasteiger partial charge is 0.275 e. The zero-order valence-electron chi connectivity index (χ0n) is 9.52. The molecule has 98 valence electrons. The van der Waals surface area contributed by atoms with Gasteiger partial charge in [-0.2, -0.15) is 0 Å². The molecule has 1 aromatic heterocycles. The summed E-state index contributed by atoms with van der Waals surface area (Å²) in [6.45, 7) is 0. The number of nitrogens with one attached hydrogen (secondary N) is 2. The Morgan fingerprint density at radius 2 is 2.11 bits per heavy atom. The molecular formula is C11H9BrIN5O. The molecule has 0 aliphatic heterocycles. The number of nitrogen functional groups attached to an aromatic ring is 1. The Balaban J connectivity index is 2.18. The van der Waals surface area contributed by atoms with Gasteiger partial charge in [-0.3, -0.25) is 4.79 Å². The van der Waals surface area contributed by atoms with Crippen molar-refractivity contribution in [1.82, 2.24) is 9.97 Å². The van der Waals surface area contributed by atoms with Crippen LogP contribution in [0.4, 0.5) is 11.5 Å². The van der Waals surface area contributed by atoms with Crippen LogP contribution in [0.1, 0.15) is 10.5 Å². The highest BCUT2D eigenvalue weighted by atomic mass is 127. The summed E-state index contributed by atoms with van der Waals surface area (Å²) < 4.78 is 1.82. The van der Waals surface area contributed by atoms with Crippen molar-refractivity contribution in [2.45, 2.75) is 0 Å². The third-order valence-corrected chi connectivity index (χ3v) is 3.57. The Hall–Kier alpha value is -1.26. The molecule has 8 heteroatoms. The number of anilines is 2. The molecule has 1 heterocycles. The molecule has 1 aromatic carbocycles. The van der Waals surface area contributed by atoms with Crippen molar-refractivity contribution in [1.29, 1.82) is 0 Å². The van der Waals surface area contributed by atoms with Crippen LogP contribution in [-0.2, 0) is 0 Å². The minimum Gasteiger partial charge on any atom is -0.320 e. The maximum atomic E-state index is 12.0. The van der Waals surface area contributed by atoms with Crippen LogP contribution in [0.5, 0.6) is 0 Å². The monoisotopic (exact) mass is 433 g/mol. The fourth-order valence-electron chi connectivity index (χ4n) is 1.30. The van der Waals surface area contributed by atoms with Gasteiger partial charge in [0.25, 0.3) is 5.91 Å². The largest absolute Gasteiger partial charge is 0.320 e. The molecule has 4 N–H and O–H groups in total. The Kier molecular flexibility index (Phi) is 4.66. The molecule has 19 heavy (non-hydrogen) atoms. The molecule has 0 saturated carbocycles. The molecule has 0 spiro atoms. The summed E-state index contributed by atoms with van der Waals surface area (Å²) in [5, 5.41) is 2.76. The number of hydrogen-bond donors (Lipinski definition) is 3. The Labute approximate surface area is 131 Å². The van der Waals surface area contributed by atoms with Gasteiger partial charge in [0, 0.05) is 8.04 Å². The lowest BCUT2D eigenvalue weighted by Crippen LogP contribution is -2.16. The SMILES string of the molecule is NNc1cnc(C(=O)Nc2cc(I)ccc2Br)cn1. The predicted molar refractivity (Wildman–Crippen MR) is 84.7 cm³/mol. The number of aromatic nitrogens is 2. The van der Waals surface area contributed by atoms with E-state index in [1.807, 2.05) is 18.2 Å². The first kappa shape index (κ1) is 14.2. The second kappa shape index (κ2) is 6.26. The number of amides is 1. The fraction of sp³-hybridized carbons (Fsp3) is 0. The van der Waals surface area contributed by atoms with E-state index >= 15 is 0 Å². The molecule has 2 aromatic rings. The number of hydrogen-bond acceptors (Lipinski definition) is 5. The molecule has 0 aliphatic carbocycles. The minimum atomic E-state index is -0.334. The van der Waals surface area contributed by atoms with Gasteiger partial charge in [0.1, 0.15) is 5.69 Å². The summed E-state index contributed by atoms with van der Waals surface area (Å²) in [4.78, 5) is 19.9. The average molecular weight is 434 g/mol. The minimum absolute atomic E-state index is 0.213. The number of hydrazine groups is 1. The summed E-state index contributed by atoms with van der Waals surface area (Å²) >= 11 is 5.54. The van der Waals surface area contributed by atoms with Crippen LogP contribution in [0, 0.1) is 3.57 Å². The zero-order chi connectivity index (χ0) is 13.8. The van der Waals surface area contributed by atoms with Gasteiger partial charge in [-0.25, -0.2) is 15.8 Å². The van der Waals surface area contributed by atoms with Gasteiger partial charge < -0.3 is 10.7 Å². The molecular weight excluding hydrogens is 425 g/mol. The van der Waals surface area contributed by atoms with E-state index in [0.717, 1.165) is 8.04 Å².